The van der Waals surface area contributed by atoms with Gasteiger partial charge in [-0.05, 0) is 24.3 Å². The molecule has 2 rings (SSSR count). The van der Waals surface area contributed by atoms with Gasteiger partial charge >= 0.3 is 0 Å². The van der Waals surface area contributed by atoms with E-state index < -0.39 is 6.04 Å². The second kappa shape index (κ2) is 8.17. The van der Waals surface area contributed by atoms with Crippen LogP contribution in [0.15, 0.2) is 29.6 Å². The smallest absolute Gasteiger partial charge is 0.217 e. The van der Waals surface area contributed by atoms with Crippen LogP contribution < -0.4 is 14.8 Å². The highest BCUT2D eigenvalue weighted by molar-refractivity contribution is 7.12. The molecule has 0 fully saturated rings. The minimum Gasteiger partial charge on any atom is -0.497 e. The largest absolute Gasteiger partial charge is 0.497 e. The van der Waals surface area contributed by atoms with Gasteiger partial charge in [0.1, 0.15) is 11.5 Å². The third-order valence-electron chi connectivity index (χ3n) is 3.42. The molecule has 0 aliphatic heterocycles. The number of carbonyl (C=O) groups excluding carboxylic acids is 2. The van der Waals surface area contributed by atoms with Crippen LogP contribution in [-0.2, 0) is 4.79 Å². The summed E-state index contributed by atoms with van der Waals surface area (Å²) in [7, 11) is 3.09. The van der Waals surface area contributed by atoms with Crippen LogP contribution in [0.4, 0.5) is 0 Å². The van der Waals surface area contributed by atoms with Crippen molar-refractivity contribution >= 4 is 34.6 Å². The lowest BCUT2D eigenvalue weighted by molar-refractivity contribution is -0.119. The first-order valence-electron chi connectivity index (χ1n) is 7.21. The van der Waals surface area contributed by atoms with Crippen LogP contribution in [-0.4, -0.2) is 25.9 Å². The summed E-state index contributed by atoms with van der Waals surface area (Å²) in [5.41, 5.74) is 0.683. The van der Waals surface area contributed by atoms with Gasteiger partial charge in [-0.2, -0.15) is 0 Å². The van der Waals surface area contributed by atoms with Crippen LogP contribution >= 0.6 is 22.9 Å². The zero-order valence-corrected chi connectivity index (χ0v) is 15.2. The zero-order valence-electron chi connectivity index (χ0n) is 13.6. The molecular weight excluding hydrogens is 350 g/mol. The van der Waals surface area contributed by atoms with E-state index in [0.29, 0.717) is 27.0 Å². The average molecular weight is 368 g/mol. The van der Waals surface area contributed by atoms with E-state index in [1.807, 2.05) is 0 Å². The van der Waals surface area contributed by atoms with Gasteiger partial charge in [0, 0.05) is 24.3 Å². The molecule has 0 spiro atoms. The lowest BCUT2D eigenvalue weighted by Crippen LogP contribution is -2.28. The Morgan fingerprint density at radius 3 is 2.54 bits per heavy atom. The fourth-order valence-corrected chi connectivity index (χ4v) is 3.37. The van der Waals surface area contributed by atoms with Crippen LogP contribution in [0.2, 0.25) is 5.02 Å². The first kappa shape index (κ1) is 18.3. The predicted molar refractivity (Wildman–Crippen MR) is 94.4 cm³/mol. The van der Waals surface area contributed by atoms with E-state index in [1.54, 1.807) is 36.8 Å². The molecule has 1 amide bonds. The van der Waals surface area contributed by atoms with E-state index in [2.05, 4.69) is 5.32 Å². The maximum atomic E-state index is 12.5. The quantitative estimate of drug-likeness (QED) is 0.754. The van der Waals surface area contributed by atoms with Crippen molar-refractivity contribution in [3.63, 3.8) is 0 Å². The maximum Gasteiger partial charge on any atom is 0.217 e. The summed E-state index contributed by atoms with van der Waals surface area (Å²) in [5.74, 6) is 0.858. The Bertz CT molecular complexity index is 744. The number of hydrogen-bond acceptors (Lipinski definition) is 5. The van der Waals surface area contributed by atoms with E-state index in [9.17, 15) is 9.59 Å². The third-order valence-corrected chi connectivity index (χ3v) is 4.74. The minimum atomic E-state index is -0.527. The molecule has 1 heterocycles. The number of halogens is 1. The fourth-order valence-electron chi connectivity index (χ4n) is 2.34. The summed E-state index contributed by atoms with van der Waals surface area (Å²) < 4.78 is 10.6. The molecule has 2 aromatic rings. The fraction of sp³-hybridized carbons (Fsp3) is 0.294. The van der Waals surface area contributed by atoms with E-state index in [0.717, 1.165) is 0 Å². The van der Waals surface area contributed by atoms with Crippen molar-refractivity contribution in [1.82, 2.24) is 5.32 Å². The van der Waals surface area contributed by atoms with Gasteiger partial charge in [-0.3, -0.25) is 9.59 Å². The number of Topliss-reactive ketones (excluding diaryl/α,β-unsaturated/α-hetero) is 1. The molecule has 1 atom stereocenters. The van der Waals surface area contributed by atoms with Gasteiger partial charge < -0.3 is 14.8 Å². The topological polar surface area (TPSA) is 64.6 Å². The number of ketones is 1. The van der Waals surface area contributed by atoms with Crippen molar-refractivity contribution in [3.05, 3.63) is 45.1 Å². The van der Waals surface area contributed by atoms with E-state index in [4.69, 9.17) is 21.1 Å². The molecule has 1 aromatic heterocycles. The van der Waals surface area contributed by atoms with Crippen molar-refractivity contribution in [3.8, 4) is 11.5 Å². The summed E-state index contributed by atoms with van der Waals surface area (Å²) in [6.45, 7) is 1.41. The number of carbonyl (C=O) groups is 2. The van der Waals surface area contributed by atoms with Gasteiger partial charge in [-0.1, -0.05) is 11.6 Å². The molecule has 24 heavy (non-hydrogen) atoms. The zero-order chi connectivity index (χ0) is 17.7. The lowest BCUT2D eigenvalue weighted by Gasteiger charge is -2.20. The van der Waals surface area contributed by atoms with Gasteiger partial charge in [0.15, 0.2) is 5.78 Å². The van der Waals surface area contributed by atoms with Gasteiger partial charge in [0.2, 0.25) is 5.91 Å². The standard InChI is InChI=1S/C17H18ClNO4S/c1-10(20)19-14(8-15(21)17-6-11(18)9-24-17)13-7-12(22-2)4-5-16(13)23-3/h4-7,9,14H,8H2,1-3H3,(H,19,20). The highest BCUT2D eigenvalue weighted by atomic mass is 35.5. The summed E-state index contributed by atoms with van der Waals surface area (Å²) >= 11 is 7.16. The Balaban J connectivity index is 2.34. The summed E-state index contributed by atoms with van der Waals surface area (Å²) in [6, 6.07) is 6.36. The molecule has 0 saturated carbocycles. The molecule has 128 valence electrons. The van der Waals surface area contributed by atoms with Crippen LogP contribution in [0, 0.1) is 0 Å². The first-order valence-corrected chi connectivity index (χ1v) is 8.46. The van der Waals surface area contributed by atoms with Crippen LogP contribution in [0.1, 0.15) is 34.6 Å². The second-order valence-electron chi connectivity index (χ2n) is 5.12. The van der Waals surface area contributed by atoms with Crippen molar-refractivity contribution in [2.24, 2.45) is 0 Å². The van der Waals surface area contributed by atoms with Gasteiger partial charge in [0.25, 0.3) is 0 Å². The van der Waals surface area contributed by atoms with Crippen molar-refractivity contribution < 1.29 is 19.1 Å². The Morgan fingerprint density at radius 1 is 1.25 bits per heavy atom. The van der Waals surface area contributed by atoms with Crippen molar-refractivity contribution in [1.29, 1.82) is 0 Å². The number of thiophene rings is 1. The molecule has 0 aliphatic rings. The van der Waals surface area contributed by atoms with Crippen LogP contribution in [0.5, 0.6) is 11.5 Å². The highest BCUT2D eigenvalue weighted by Gasteiger charge is 2.23. The number of nitrogens with one attached hydrogen (secondary N) is 1. The minimum absolute atomic E-state index is 0.0972. The van der Waals surface area contributed by atoms with Gasteiger partial charge in [0.05, 0.1) is 30.2 Å². The van der Waals surface area contributed by atoms with Crippen molar-refractivity contribution in [2.45, 2.75) is 19.4 Å². The number of hydrogen-bond donors (Lipinski definition) is 1. The lowest BCUT2D eigenvalue weighted by atomic mass is 9.99. The molecule has 1 aromatic carbocycles. The summed E-state index contributed by atoms with van der Waals surface area (Å²) in [4.78, 5) is 24.6. The molecule has 0 bridgehead atoms. The first-order chi connectivity index (χ1) is 11.4. The maximum absolute atomic E-state index is 12.5. The molecule has 0 radical (unpaired) electrons. The van der Waals surface area contributed by atoms with Gasteiger partial charge in [-0.25, -0.2) is 0 Å². The molecule has 7 heteroatoms. The second-order valence-corrected chi connectivity index (χ2v) is 6.47. The van der Waals surface area contributed by atoms with E-state index in [-0.39, 0.29) is 18.1 Å². The molecular formula is C17H18ClNO4S. The average Bonchev–Trinajstić information content (AvgIpc) is 2.99. The number of methoxy groups -OCH3 is 2. The third kappa shape index (κ3) is 4.49. The van der Waals surface area contributed by atoms with Crippen molar-refractivity contribution in [2.75, 3.05) is 14.2 Å². The van der Waals surface area contributed by atoms with Gasteiger partial charge in [-0.15, -0.1) is 11.3 Å². The normalized spacial score (nSPS) is 11.7. The molecule has 5 nitrogen and oxygen atoms in total. The van der Waals surface area contributed by atoms with E-state index in [1.165, 1.54) is 25.4 Å². The molecule has 0 aliphatic carbocycles. The number of rotatable bonds is 7. The van der Waals surface area contributed by atoms with Crippen LogP contribution in [0.25, 0.3) is 0 Å². The Labute approximate surface area is 149 Å². The Hall–Kier alpha value is -2.05. The summed E-state index contributed by atoms with van der Waals surface area (Å²) in [6.07, 6.45) is 0.0972. The Kier molecular flexibility index (Phi) is 6.23. The highest BCUT2D eigenvalue weighted by Crippen LogP contribution is 2.32. The number of amides is 1. The number of benzene rings is 1. The monoisotopic (exact) mass is 367 g/mol. The molecule has 0 saturated heterocycles. The SMILES string of the molecule is COc1ccc(OC)c(C(CC(=O)c2cc(Cl)cs2)NC(C)=O)c1. The Morgan fingerprint density at radius 2 is 2.00 bits per heavy atom. The van der Waals surface area contributed by atoms with E-state index >= 15 is 0 Å². The summed E-state index contributed by atoms with van der Waals surface area (Å²) in [5, 5.41) is 5.03. The number of ether oxygens (including phenoxy) is 2. The molecule has 1 N–H and O–H groups in total. The predicted octanol–water partition coefficient (Wildman–Crippen LogP) is 3.87. The van der Waals surface area contributed by atoms with Crippen LogP contribution in [0.3, 0.4) is 0 Å². The molecule has 1 unspecified atom stereocenters.